The second kappa shape index (κ2) is 8.01. The van der Waals surface area contributed by atoms with Crippen LogP contribution in [-0.2, 0) is 13.1 Å². The van der Waals surface area contributed by atoms with Crippen molar-refractivity contribution in [3.05, 3.63) is 57.2 Å². The number of aromatic nitrogens is 3. The molecular weight excluding hydrogens is 433 g/mol. The summed E-state index contributed by atoms with van der Waals surface area (Å²) in [6.45, 7) is 4.48. The maximum Gasteiger partial charge on any atom is 0.258 e. The van der Waals surface area contributed by atoms with Gasteiger partial charge in [-0.2, -0.15) is 5.10 Å². The van der Waals surface area contributed by atoms with E-state index >= 15 is 0 Å². The summed E-state index contributed by atoms with van der Waals surface area (Å²) in [5, 5.41) is 5.22. The van der Waals surface area contributed by atoms with Crippen molar-refractivity contribution in [2.75, 3.05) is 0 Å². The molecule has 1 aliphatic carbocycles. The molecule has 7 nitrogen and oxygen atoms in total. The highest BCUT2D eigenvalue weighted by Crippen LogP contribution is 2.32. The molecule has 0 radical (unpaired) electrons. The maximum absolute atomic E-state index is 14.0. The lowest BCUT2D eigenvalue weighted by Crippen LogP contribution is -2.32. The molecule has 9 heteroatoms. The quantitative estimate of drug-likeness (QED) is 0.643. The van der Waals surface area contributed by atoms with Crippen molar-refractivity contribution < 1.29 is 13.9 Å². The number of hydrogen-bond acceptors (Lipinski definition) is 5. The fourth-order valence-corrected chi connectivity index (χ4v) is 4.71. The van der Waals surface area contributed by atoms with Gasteiger partial charge in [-0.25, -0.2) is 13.9 Å². The minimum absolute atomic E-state index is 0.0666. The fraction of sp³-hybridized carbons (Fsp3) is 0.435. The molecule has 168 valence electrons. The van der Waals surface area contributed by atoms with E-state index in [0.717, 1.165) is 48.3 Å². The van der Waals surface area contributed by atoms with E-state index in [4.69, 9.17) is 22.1 Å². The van der Waals surface area contributed by atoms with Gasteiger partial charge in [0.1, 0.15) is 11.6 Å². The Bertz CT molecular complexity index is 1220. The van der Waals surface area contributed by atoms with E-state index in [9.17, 15) is 9.18 Å². The van der Waals surface area contributed by atoms with E-state index in [0.29, 0.717) is 29.3 Å². The van der Waals surface area contributed by atoms with Crippen LogP contribution in [0.3, 0.4) is 0 Å². The van der Waals surface area contributed by atoms with E-state index in [-0.39, 0.29) is 23.8 Å². The molecule has 0 atom stereocenters. The highest BCUT2D eigenvalue weighted by atomic mass is 35.5. The highest BCUT2D eigenvalue weighted by molar-refractivity contribution is 6.31. The number of amides is 1. The van der Waals surface area contributed by atoms with Gasteiger partial charge in [0.15, 0.2) is 5.65 Å². The maximum atomic E-state index is 14.0. The number of carbonyl (C=O) groups excluding carboxylic acids is 1. The molecule has 0 bridgehead atoms. The van der Waals surface area contributed by atoms with Crippen molar-refractivity contribution in [2.45, 2.75) is 64.8 Å². The lowest BCUT2D eigenvalue weighted by atomic mass is 9.93. The Labute approximate surface area is 190 Å². The molecule has 2 N–H and O–H groups in total. The zero-order chi connectivity index (χ0) is 22.6. The molecule has 32 heavy (non-hydrogen) atoms. The molecule has 1 saturated carbocycles. The average Bonchev–Trinajstić information content (AvgIpc) is 3.33. The normalized spacial score (nSPS) is 20.6. The summed E-state index contributed by atoms with van der Waals surface area (Å²) in [5.74, 6) is -0.365. The van der Waals surface area contributed by atoms with Crippen LogP contribution in [0.5, 0.6) is 5.75 Å². The van der Waals surface area contributed by atoms with Crippen LogP contribution in [0, 0.1) is 19.7 Å². The summed E-state index contributed by atoms with van der Waals surface area (Å²) in [6.07, 6.45) is 3.25. The molecule has 0 spiro atoms. The van der Waals surface area contributed by atoms with Gasteiger partial charge in [-0.15, -0.1) is 0 Å². The molecule has 3 heterocycles. The minimum atomic E-state index is -0.432. The first-order valence-corrected chi connectivity index (χ1v) is 11.2. The van der Waals surface area contributed by atoms with Crippen LogP contribution in [0.2, 0.25) is 5.02 Å². The van der Waals surface area contributed by atoms with Crippen molar-refractivity contribution in [3.8, 4) is 5.75 Å². The molecule has 2 aromatic heterocycles. The zero-order valence-electron chi connectivity index (χ0n) is 18.1. The molecule has 0 unspecified atom stereocenters. The number of carbonyl (C=O) groups is 1. The van der Waals surface area contributed by atoms with Gasteiger partial charge in [-0.05, 0) is 51.7 Å². The third-order valence-electron chi connectivity index (χ3n) is 6.43. The highest BCUT2D eigenvalue weighted by Gasteiger charge is 2.32. The number of fused-ring (bicyclic) bond motifs is 3. The van der Waals surface area contributed by atoms with Crippen molar-refractivity contribution in [1.82, 2.24) is 19.5 Å². The van der Waals surface area contributed by atoms with Crippen LogP contribution >= 0.6 is 11.6 Å². The monoisotopic (exact) mass is 457 g/mol. The predicted molar refractivity (Wildman–Crippen MR) is 118 cm³/mol. The van der Waals surface area contributed by atoms with Crippen molar-refractivity contribution in [1.29, 1.82) is 0 Å². The van der Waals surface area contributed by atoms with Gasteiger partial charge in [0.25, 0.3) is 5.91 Å². The second-order valence-corrected chi connectivity index (χ2v) is 9.09. The number of rotatable bonds is 3. The van der Waals surface area contributed by atoms with Gasteiger partial charge in [0.05, 0.1) is 46.9 Å². The standard InChI is InChI=1S/C23H25ClFN5O2/c1-12-21(24)13(2)30-22(27-12)18-10-29(11-19(18)28-30)23(31)17-8-3-14(25)9-20(17)32-16-6-4-15(26)5-7-16/h3,8-9,15-16H,4-7,10-11,26H2,1-2H3. The molecule has 0 saturated heterocycles. The first kappa shape index (κ1) is 21.2. The summed E-state index contributed by atoms with van der Waals surface area (Å²) < 4.78 is 21.8. The van der Waals surface area contributed by atoms with E-state index < -0.39 is 5.82 Å². The van der Waals surface area contributed by atoms with Gasteiger partial charge in [-0.3, -0.25) is 4.79 Å². The number of halogens is 2. The molecule has 1 aliphatic heterocycles. The van der Waals surface area contributed by atoms with E-state index in [1.165, 1.54) is 18.2 Å². The van der Waals surface area contributed by atoms with Gasteiger partial charge < -0.3 is 15.4 Å². The average molecular weight is 458 g/mol. The summed E-state index contributed by atoms with van der Waals surface area (Å²) in [5.41, 5.74) is 10.3. The van der Waals surface area contributed by atoms with Crippen LogP contribution < -0.4 is 10.5 Å². The largest absolute Gasteiger partial charge is 0.489 e. The van der Waals surface area contributed by atoms with Crippen molar-refractivity contribution in [3.63, 3.8) is 0 Å². The lowest BCUT2D eigenvalue weighted by molar-refractivity contribution is 0.0738. The summed E-state index contributed by atoms with van der Waals surface area (Å²) in [6, 6.07) is 4.27. The van der Waals surface area contributed by atoms with E-state index in [2.05, 4.69) is 10.1 Å². The van der Waals surface area contributed by atoms with Crippen LogP contribution in [0.4, 0.5) is 4.39 Å². The summed E-state index contributed by atoms with van der Waals surface area (Å²) in [4.78, 5) is 19.7. The Hall–Kier alpha value is -2.71. The summed E-state index contributed by atoms with van der Waals surface area (Å²) in [7, 11) is 0. The number of nitrogens with zero attached hydrogens (tertiary/aromatic N) is 4. The number of aryl methyl sites for hydroxylation is 2. The molecule has 2 aliphatic rings. The topological polar surface area (TPSA) is 85.8 Å². The minimum Gasteiger partial charge on any atom is -0.489 e. The number of nitrogens with two attached hydrogens (primary N) is 1. The predicted octanol–water partition coefficient (Wildman–Crippen LogP) is 3.94. The number of ether oxygens (including phenoxy) is 1. The van der Waals surface area contributed by atoms with Crippen LogP contribution in [0.1, 0.15) is 58.7 Å². The molecule has 1 amide bonds. The fourth-order valence-electron chi connectivity index (χ4n) is 4.58. The Morgan fingerprint density at radius 3 is 2.72 bits per heavy atom. The third kappa shape index (κ3) is 3.61. The zero-order valence-corrected chi connectivity index (χ0v) is 18.8. The Morgan fingerprint density at radius 1 is 1.22 bits per heavy atom. The van der Waals surface area contributed by atoms with E-state index in [1.54, 1.807) is 9.42 Å². The first-order valence-electron chi connectivity index (χ1n) is 10.9. The number of hydrogen-bond donors (Lipinski definition) is 1. The van der Waals surface area contributed by atoms with Crippen molar-refractivity contribution in [2.24, 2.45) is 5.73 Å². The Kier molecular flexibility index (Phi) is 5.29. The van der Waals surface area contributed by atoms with Gasteiger partial charge in [0, 0.05) is 17.7 Å². The molecular formula is C23H25ClFN5O2. The smallest absolute Gasteiger partial charge is 0.258 e. The van der Waals surface area contributed by atoms with Crippen LogP contribution in [0.25, 0.3) is 5.65 Å². The molecule has 1 aromatic carbocycles. The van der Waals surface area contributed by atoms with Crippen molar-refractivity contribution >= 4 is 23.2 Å². The van der Waals surface area contributed by atoms with E-state index in [1.807, 2.05) is 13.8 Å². The Balaban J connectivity index is 1.41. The van der Waals surface area contributed by atoms with Gasteiger partial charge in [0.2, 0.25) is 0 Å². The van der Waals surface area contributed by atoms with Crippen LogP contribution in [-0.4, -0.2) is 37.6 Å². The van der Waals surface area contributed by atoms with Crippen LogP contribution in [0.15, 0.2) is 18.2 Å². The summed E-state index contributed by atoms with van der Waals surface area (Å²) >= 11 is 6.32. The van der Waals surface area contributed by atoms with Gasteiger partial charge >= 0.3 is 0 Å². The molecule has 3 aromatic rings. The number of benzene rings is 1. The third-order valence-corrected chi connectivity index (χ3v) is 6.98. The SMILES string of the molecule is Cc1nc2c3c(nn2c(C)c1Cl)CN(C(=O)c1ccc(F)cc1OC1CCC(N)CC1)C3. The van der Waals surface area contributed by atoms with Gasteiger partial charge in [-0.1, -0.05) is 11.6 Å². The Morgan fingerprint density at radius 2 is 1.97 bits per heavy atom. The first-order chi connectivity index (χ1) is 15.3. The second-order valence-electron chi connectivity index (χ2n) is 8.71. The lowest BCUT2D eigenvalue weighted by Gasteiger charge is -2.28. The molecule has 1 fully saturated rings. The molecule has 5 rings (SSSR count).